The van der Waals surface area contributed by atoms with E-state index in [2.05, 4.69) is 86.9 Å². The zero-order chi connectivity index (χ0) is 14.0. The predicted octanol–water partition coefficient (Wildman–Crippen LogP) is 4.46. The van der Waals surface area contributed by atoms with Gasteiger partial charge in [0.1, 0.15) is 10.0 Å². The van der Waals surface area contributed by atoms with Gasteiger partial charge in [0.05, 0.1) is 6.54 Å². The van der Waals surface area contributed by atoms with E-state index < -0.39 is 0 Å². The zero-order valence-corrected chi connectivity index (χ0v) is 15.6. The van der Waals surface area contributed by atoms with E-state index >= 15 is 0 Å². The summed E-state index contributed by atoms with van der Waals surface area (Å²) in [4.78, 5) is 0. The number of rotatable bonds is 3. The van der Waals surface area contributed by atoms with Gasteiger partial charge in [-0.1, -0.05) is 27.3 Å². The maximum Gasteiger partial charge on any atom is 0.149 e. The molecule has 2 aromatic rings. The van der Waals surface area contributed by atoms with E-state index in [4.69, 9.17) is 0 Å². The van der Waals surface area contributed by atoms with Crippen LogP contribution in [0.2, 0.25) is 0 Å². The van der Waals surface area contributed by atoms with Gasteiger partial charge in [0.2, 0.25) is 0 Å². The van der Waals surface area contributed by atoms with Gasteiger partial charge in [0.15, 0.2) is 0 Å². The van der Waals surface area contributed by atoms with Gasteiger partial charge in [-0.15, -0.1) is 10.2 Å². The molecule has 0 amide bonds. The van der Waals surface area contributed by atoms with Gasteiger partial charge in [0, 0.05) is 19.1 Å². The molecule has 0 saturated heterocycles. The molecule has 0 atom stereocenters. The lowest BCUT2D eigenvalue weighted by Crippen LogP contribution is -2.35. The lowest BCUT2D eigenvalue weighted by molar-refractivity contribution is 0.423. The van der Waals surface area contributed by atoms with E-state index in [0.717, 1.165) is 26.6 Å². The molecule has 1 heterocycles. The minimum atomic E-state index is 0.0918. The first-order valence-corrected chi connectivity index (χ1v) is 8.57. The largest absolute Gasteiger partial charge is 0.306 e. The van der Waals surface area contributed by atoms with Crippen molar-refractivity contribution in [2.75, 3.05) is 0 Å². The molecule has 0 unspecified atom stereocenters. The number of benzene rings is 1. The summed E-state index contributed by atoms with van der Waals surface area (Å²) in [6.45, 7) is 7.18. The summed E-state index contributed by atoms with van der Waals surface area (Å²) in [5.41, 5.74) is 1.19. The second kappa shape index (κ2) is 6.15. The Hall–Kier alpha value is -0.0500. The summed E-state index contributed by atoms with van der Waals surface area (Å²) in [5, 5.41) is 13.9. The number of hydrogen-bond acceptors (Lipinski definition) is 4. The molecular weight excluding hydrogens is 437 g/mol. The van der Waals surface area contributed by atoms with Gasteiger partial charge in [0.25, 0.3) is 0 Å². The van der Waals surface area contributed by atoms with Crippen LogP contribution in [-0.4, -0.2) is 15.7 Å². The number of hydrogen-bond donors (Lipinski definition) is 1. The van der Waals surface area contributed by atoms with Crippen molar-refractivity contribution < 1.29 is 0 Å². The third-order valence-corrected chi connectivity index (χ3v) is 4.71. The van der Waals surface area contributed by atoms with Crippen molar-refractivity contribution in [3.05, 3.63) is 31.2 Å². The first kappa shape index (κ1) is 15.3. The Morgan fingerprint density at radius 3 is 2.74 bits per heavy atom. The van der Waals surface area contributed by atoms with Crippen LogP contribution in [0, 0.1) is 3.57 Å². The van der Waals surface area contributed by atoms with Crippen LogP contribution in [0.3, 0.4) is 0 Å². The van der Waals surface area contributed by atoms with Crippen molar-refractivity contribution in [2.45, 2.75) is 32.9 Å². The van der Waals surface area contributed by atoms with Gasteiger partial charge < -0.3 is 5.32 Å². The van der Waals surface area contributed by atoms with Crippen LogP contribution in [0.5, 0.6) is 0 Å². The zero-order valence-electron chi connectivity index (χ0n) is 11.0. The fourth-order valence-electron chi connectivity index (χ4n) is 1.44. The third kappa shape index (κ3) is 4.47. The van der Waals surface area contributed by atoms with Crippen LogP contribution in [0.25, 0.3) is 10.6 Å². The summed E-state index contributed by atoms with van der Waals surface area (Å²) in [5.74, 6) is 0. The quantitative estimate of drug-likeness (QED) is 0.700. The molecule has 0 radical (unpaired) electrons. The van der Waals surface area contributed by atoms with Crippen LogP contribution in [0.1, 0.15) is 25.8 Å². The molecule has 1 N–H and O–H groups in total. The summed E-state index contributed by atoms with van der Waals surface area (Å²) in [6.07, 6.45) is 0. The van der Waals surface area contributed by atoms with Crippen molar-refractivity contribution in [3.8, 4) is 10.6 Å². The Kier molecular flexibility index (Phi) is 4.97. The number of nitrogens with one attached hydrogen (secondary N) is 1. The average molecular weight is 452 g/mol. The second-order valence-corrected chi connectivity index (χ2v) is 8.39. The maximum atomic E-state index is 4.28. The smallest absolute Gasteiger partial charge is 0.149 e. The van der Waals surface area contributed by atoms with E-state index in [1.165, 1.54) is 3.57 Å². The Morgan fingerprint density at radius 1 is 1.32 bits per heavy atom. The lowest BCUT2D eigenvalue weighted by atomic mass is 10.1. The van der Waals surface area contributed by atoms with Gasteiger partial charge in [-0.05, 0) is 61.6 Å². The fraction of sp³-hybridized carbons (Fsp3) is 0.385. The molecule has 102 valence electrons. The van der Waals surface area contributed by atoms with Crippen LogP contribution in [0.4, 0.5) is 0 Å². The predicted molar refractivity (Wildman–Crippen MR) is 92.4 cm³/mol. The molecule has 0 spiro atoms. The SMILES string of the molecule is CC(C)(C)NCc1nnc(-c2cc(I)ccc2Br)s1. The van der Waals surface area contributed by atoms with Crippen molar-refractivity contribution >= 4 is 49.9 Å². The molecule has 0 fully saturated rings. The monoisotopic (exact) mass is 451 g/mol. The van der Waals surface area contributed by atoms with Gasteiger partial charge in [-0.25, -0.2) is 0 Å². The molecule has 19 heavy (non-hydrogen) atoms. The molecule has 1 aromatic heterocycles. The first-order valence-electron chi connectivity index (χ1n) is 5.88. The molecule has 3 nitrogen and oxygen atoms in total. The van der Waals surface area contributed by atoms with Crippen molar-refractivity contribution in [1.82, 2.24) is 15.5 Å². The van der Waals surface area contributed by atoms with Crippen LogP contribution < -0.4 is 5.32 Å². The van der Waals surface area contributed by atoms with Gasteiger partial charge >= 0.3 is 0 Å². The Balaban J connectivity index is 2.19. The third-order valence-electron chi connectivity index (χ3n) is 2.40. The highest BCUT2D eigenvalue weighted by Gasteiger charge is 2.13. The van der Waals surface area contributed by atoms with E-state index in [1.54, 1.807) is 11.3 Å². The van der Waals surface area contributed by atoms with Crippen molar-refractivity contribution in [1.29, 1.82) is 0 Å². The minimum Gasteiger partial charge on any atom is -0.306 e. The molecule has 1 aromatic carbocycles. The first-order chi connectivity index (χ1) is 8.85. The minimum absolute atomic E-state index is 0.0918. The molecule has 0 bridgehead atoms. The van der Waals surface area contributed by atoms with Gasteiger partial charge in [-0.3, -0.25) is 0 Å². The van der Waals surface area contributed by atoms with Crippen LogP contribution in [-0.2, 0) is 6.54 Å². The summed E-state index contributed by atoms with van der Waals surface area (Å²) < 4.78 is 2.25. The highest BCUT2D eigenvalue weighted by atomic mass is 127. The average Bonchev–Trinajstić information content (AvgIpc) is 2.77. The van der Waals surface area contributed by atoms with E-state index in [9.17, 15) is 0 Å². The van der Waals surface area contributed by atoms with E-state index in [0.29, 0.717) is 0 Å². The summed E-state index contributed by atoms with van der Waals surface area (Å²) >= 11 is 7.50. The highest BCUT2D eigenvalue weighted by Crippen LogP contribution is 2.31. The van der Waals surface area contributed by atoms with E-state index in [-0.39, 0.29) is 5.54 Å². The van der Waals surface area contributed by atoms with E-state index in [1.807, 2.05) is 6.07 Å². The fourth-order valence-corrected chi connectivity index (χ4v) is 3.30. The topological polar surface area (TPSA) is 37.8 Å². The van der Waals surface area contributed by atoms with Crippen molar-refractivity contribution in [2.24, 2.45) is 0 Å². The number of halogens is 2. The van der Waals surface area contributed by atoms with Gasteiger partial charge in [-0.2, -0.15) is 0 Å². The Labute approximate surface area is 139 Å². The molecular formula is C13H15BrIN3S. The molecule has 0 saturated carbocycles. The second-order valence-electron chi connectivity index (χ2n) is 5.23. The number of aromatic nitrogens is 2. The highest BCUT2D eigenvalue weighted by molar-refractivity contribution is 14.1. The molecule has 0 aliphatic heterocycles. The molecule has 0 aliphatic rings. The molecule has 2 rings (SSSR count). The summed E-state index contributed by atoms with van der Waals surface area (Å²) in [7, 11) is 0. The standard InChI is InChI=1S/C13H15BrIN3S/c1-13(2,3)16-7-11-17-18-12(19-11)9-6-8(15)4-5-10(9)14/h4-6,16H,7H2,1-3H3. The Morgan fingerprint density at radius 2 is 2.05 bits per heavy atom. The number of nitrogens with zero attached hydrogens (tertiary/aromatic N) is 2. The van der Waals surface area contributed by atoms with Crippen LogP contribution >= 0.6 is 49.9 Å². The lowest BCUT2D eigenvalue weighted by Gasteiger charge is -2.19. The Bertz CT molecular complexity index is 578. The summed E-state index contributed by atoms with van der Waals surface area (Å²) in [6, 6.07) is 6.23. The molecule has 6 heteroatoms. The van der Waals surface area contributed by atoms with Crippen LogP contribution in [0.15, 0.2) is 22.7 Å². The molecule has 0 aliphatic carbocycles. The van der Waals surface area contributed by atoms with Crippen molar-refractivity contribution in [3.63, 3.8) is 0 Å². The maximum absolute atomic E-state index is 4.28. The normalized spacial score (nSPS) is 11.8.